The van der Waals surface area contributed by atoms with Gasteiger partial charge in [0.15, 0.2) is 5.69 Å². The molecule has 40 heavy (non-hydrogen) atoms. The van der Waals surface area contributed by atoms with Crippen LogP contribution in [0.4, 0.5) is 16.6 Å². The van der Waals surface area contributed by atoms with E-state index in [2.05, 4.69) is 24.9 Å². The largest absolute Gasteiger partial charge is 0.461 e. The van der Waals surface area contributed by atoms with Crippen LogP contribution < -0.4 is 9.80 Å². The number of esters is 1. The Bertz CT molecular complexity index is 1290. The maximum atomic E-state index is 12.9. The molecule has 0 aliphatic carbocycles. The summed E-state index contributed by atoms with van der Waals surface area (Å²) in [4.78, 5) is 44.6. The lowest BCUT2D eigenvalue weighted by Gasteiger charge is -2.33. The summed E-state index contributed by atoms with van der Waals surface area (Å²) in [6.45, 7) is 7.65. The lowest BCUT2D eigenvalue weighted by Crippen LogP contribution is -2.40. The number of carbonyl (C=O) groups excluding carboxylic acids is 1. The van der Waals surface area contributed by atoms with Crippen molar-refractivity contribution in [1.29, 1.82) is 0 Å². The van der Waals surface area contributed by atoms with Crippen LogP contribution in [0.3, 0.4) is 0 Å². The van der Waals surface area contributed by atoms with Crippen molar-refractivity contribution < 1.29 is 19.0 Å². The Balaban J connectivity index is 1.44. The molecule has 0 saturated carbocycles. The minimum atomic E-state index is -0.503. The molecule has 13 heteroatoms. The van der Waals surface area contributed by atoms with Crippen LogP contribution in [0.1, 0.15) is 29.1 Å². The fourth-order valence-corrected chi connectivity index (χ4v) is 5.77. The first-order valence-electron chi connectivity index (χ1n) is 13.4. The number of hydrogen-bond donors (Lipinski definition) is 0. The summed E-state index contributed by atoms with van der Waals surface area (Å²) in [5.74, 6) is 0.993. The molecule has 0 bridgehead atoms. The summed E-state index contributed by atoms with van der Waals surface area (Å²) in [7, 11) is 1.84. The molecule has 2 aliphatic heterocycles. The third-order valence-corrected chi connectivity index (χ3v) is 8.07. The van der Waals surface area contributed by atoms with Gasteiger partial charge in [-0.25, -0.2) is 19.7 Å². The highest BCUT2D eigenvalue weighted by atomic mass is 32.1. The number of nitroso groups, excluding NO2 is 1. The smallest absolute Gasteiger partial charge is 0.360 e. The van der Waals surface area contributed by atoms with Gasteiger partial charge in [0, 0.05) is 45.0 Å². The summed E-state index contributed by atoms with van der Waals surface area (Å²) < 4.78 is 16.2. The predicted octanol–water partition coefficient (Wildman–Crippen LogP) is 3.52. The first-order chi connectivity index (χ1) is 19.6. The molecule has 2 fully saturated rings. The number of carbonyl (C=O) groups is 1. The fraction of sp³-hybridized carbons (Fsp3) is 0.481. The minimum absolute atomic E-state index is 0.0897. The molecule has 1 unspecified atom stereocenters. The molecule has 0 spiro atoms. The van der Waals surface area contributed by atoms with Crippen LogP contribution >= 0.6 is 11.3 Å². The van der Waals surface area contributed by atoms with Gasteiger partial charge in [0.1, 0.15) is 28.2 Å². The quantitative estimate of drug-likeness (QED) is 0.264. The third-order valence-electron chi connectivity index (χ3n) is 6.89. The van der Waals surface area contributed by atoms with E-state index < -0.39 is 5.97 Å². The van der Waals surface area contributed by atoms with Crippen molar-refractivity contribution in [3.8, 4) is 10.6 Å². The van der Waals surface area contributed by atoms with E-state index >= 15 is 0 Å². The van der Waals surface area contributed by atoms with E-state index in [-0.39, 0.29) is 24.9 Å². The first kappa shape index (κ1) is 28.0. The van der Waals surface area contributed by atoms with Gasteiger partial charge >= 0.3 is 5.97 Å². The van der Waals surface area contributed by atoms with Gasteiger partial charge < -0.3 is 24.0 Å². The van der Waals surface area contributed by atoms with Gasteiger partial charge in [-0.15, -0.1) is 0 Å². The Kier molecular flexibility index (Phi) is 9.26. The third kappa shape index (κ3) is 6.28. The van der Waals surface area contributed by atoms with Crippen molar-refractivity contribution in [1.82, 2.24) is 19.9 Å². The molecule has 5 rings (SSSR count). The van der Waals surface area contributed by atoms with Gasteiger partial charge in [-0.3, -0.25) is 4.90 Å². The van der Waals surface area contributed by atoms with Crippen LogP contribution in [0, 0.1) is 4.91 Å². The number of morpholine rings is 2. The molecule has 1 atom stereocenters. The number of pyridine rings is 2. The van der Waals surface area contributed by atoms with Crippen LogP contribution in [0.2, 0.25) is 0 Å². The molecule has 212 valence electrons. The van der Waals surface area contributed by atoms with Gasteiger partial charge in [0.05, 0.1) is 44.8 Å². The Morgan fingerprint density at radius 1 is 1.10 bits per heavy atom. The van der Waals surface area contributed by atoms with Crippen molar-refractivity contribution >= 4 is 33.9 Å². The monoisotopic (exact) mass is 567 g/mol. The number of nitrogens with zero attached hydrogens (tertiary/aromatic N) is 7. The number of rotatable bonds is 10. The predicted molar refractivity (Wildman–Crippen MR) is 152 cm³/mol. The second-order valence-electron chi connectivity index (χ2n) is 9.35. The topological polar surface area (TPSA) is 123 Å². The molecule has 0 aromatic carbocycles. The number of aromatic nitrogens is 3. The molecule has 0 N–H and O–H groups in total. The number of anilines is 3. The van der Waals surface area contributed by atoms with E-state index in [1.165, 1.54) is 11.3 Å². The molecular formula is C27H33N7O5S. The number of ether oxygens (including phenoxy) is 3. The standard InChI is InChI=1S/C27H33N7O5S/c1-3-39-27(35)24-26(40-25(31-24)19-7-8-22(28-17-19)34-11-15-38-16-12-34)32(2)23-6-4-5-20(30-23)21(18-29-36)33-9-13-37-14-10-33/h4-8,17,21H,3,9-16,18H2,1-2H3. The average Bonchev–Trinajstić information content (AvgIpc) is 3.46. The first-order valence-corrected chi connectivity index (χ1v) is 14.2. The van der Waals surface area contributed by atoms with Crippen LogP contribution in [-0.4, -0.2) is 98.6 Å². The Hall–Kier alpha value is -3.52. The number of thiazole rings is 1. The van der Waals surface area contributed by atoms with Crippen molar-refractivity contribution in [2.45, 2.75) is 13.0 Å². The maximum Gasteiger partial charge on any atom is 0.360 e. The fourth-order valence-electron chi connectivity index (χ4n) is 4.76. The highest BCUT2D eigenvalue weighted by Crippen LogP contribution is 2.38. The van der Waals surface area contributed by atoms with Crippen LogP contribution in [0.5, 0.6) is 0 Å². The molecule has 0 radical (unpaired) electrons. The normalized spacial score (nSPS) is 16.9. The Morgan fingerprint density at radius 2 is 1.85 bits per heavy atom. The highest BCUT2D eigenvalue weighted by molar-refractivity contribution is 7.19. The van der Waals surface area contributed by atoms with E-state index in [1.807, 2.05) is 42.3 Å². The summed E-state index contributed by atoms with van der Waals surface area (Å²) in [5.41, 5.74) is 1.75. The van der Waals surface area contributed by atoms with Crippen molar-refractivity contribution in [3.05, 3.63) is 52.8 Å². The lowest BCUT2D eigenvalue weighted by molar-refractivity contribution is 0.0171. The molecule has 3 aromatic rings. The SMILES string of the molecule is CCOC(=O)c1nc(-c2ccc(N3CCOCC3)nc2)sc1N(C)c1cccc(C(CN=O)N2CCOCC2)n1. The van der Waals surface area contributed by atoms with Crippen molar-refractivity contribution in [3.63, 3.8) is 0 Å². The molecule has 2 aliphatic rings. The maximum absolute atomic E-state index is 12.9. The highest BCUT2D eigenvalue weighted by Gasteiger charge is 2.27. The molecule has 12 nitrogen and oxygen atoms in total. The Labute approximate surface area is 236 Å². The van der Waals surface area contributed by atoms with E-state index in [9.17, 15) is 9.70 Å². The molecule has 2 saturated heterocycles. The van der Waals surface area contributed by atoms with Crippen LogP contribution in [0.25, 0.3) is 10.6 Å². The summed E-state index contributed by atoms with van der Waals surface area (Å²) in [6, 6.07) is 9.33. The lowest BCUT2D eigenvalue weighted by atomic mass is 10.1. The van der Waals surface area contributed by atoms with Crippen LogP contribution in [-0.2, 0) is 14.2 Å². The van der Waals surface area contributed by atoms with Gasteiger partial charge in [-0.1, -0.05) is 22.6 Å². The van der Waals surface area contributed by atoms with E-state index in [0.29, 0.717) is 55.3 Å². The zero-order valence-electron chi connectivity index (χ0n) is 22.7. The summed E-state index contributed by atoms with van der Waals surface area (Å²) >= 11 is 1.37. The van der Waals surface area contributed by atoms with Gasteiger partial charge in [0.25, 0.3) is 0 Å². The van der Waals surface area contributed by atoms with Gasteiger partial charge in [-0.05, 0) is 31.2 Å². The minimum Gasteiger partial charge on any atom is -0.461 e. The van der Waals surface area contributed by atoms with Gasteiger partial charge in [0.2, 0.25) is 0 Å². The molecular weight excluding hydrogens is 534 g/mol. The van der Waals surface area contributed by atoms with E-state index in [0.717, 1.165) is 30.2 Å². The second kappa shape index (κ2) is 13.2. The summed E-state index contributed by atoms with van der Waals surface area (Å²) in [5, 5.41) is 4.44. The van der Waals surface area contributed by atoms with Crippen molar-refractivity contribution in [2.24, 2.45) is 5.18 Å². The zero-order chi connectivity index (χ0) is 27.9. The van der Waals surface area contributed by atoms with Crippen molar-refractivity contribution in [2.75, 3.05) is 82.6 Å². The Morgan fingerprint density at radius 3 is 2.52 bits per heavy atom. The van der Waals surface area contributed by atoms with E-state index in [4.69, 9.17) is 19.2 Å². The zero-order valence-corrected chi connectivity index (χ0v) is 23.5. The summed E-state index contributed by atoms with van der Waals surface area (Å²) in [6.07, 6.45) is 1.78. The second-order valence-corrected chi connectivity index (χ2v) is 10.3. The molecule has 5 heterocycles. The van der Waals surface area contributed by atoms with E-state index in [1.54, 1.807) is 13.1 Å². The molecule has 0 amide bonds. The van der Waals surface area contributed by atoms with Gasteiger partial charge in [-0.2, -0.15) is 4.91 Å². The number of hydrogen-bond acceptors (Lipinski definition) is 13. The van der Waals surface area contributed by atoms with Crippen LogP contribution in [0.15, 0.2) is 41.7 Å². The molecule has 3 aromatic heterocycles. The average molecular weight is 568 g/mol.